The fourth-order valence-corrected chi connectivity index (χ4v) is 5.48. The second-order valence-electron chi connectivity index (χ2n) is 9.64. The summed E-state index contributed by atoms with van der Waals surface area (Å²) in [6.45, 7) is 4.62. The fourth-order valence-electron chi connectivity index (χ4n) is 5.48. The van der Waals surface area contributed by atoms with Crippen molar-refractivity contribution in [2.24, 2.45) is 0 Å². The summed E-state index contributed by atoms with van der Waals surface area (Å²) >= 11 is 0. The number of fused-ring (bicyclic) bond motifs is 3. The lowest BCUT2D eigenvalue weighted by Crippen LogP contribution is -2.40. The number of anilines is 4. The maximum Gasteiger partial charge on any atom is 0.0716 e. The average molecular weight is 455 g/mol. The summed E-state index contributed by atoms with van der Waals surface area (Å²) in [6, 6.07) is 36.9. The maximum atomic E-state index is 3.49. The van der Waals surface area contributed by atoms with Gasteiger partial charge in [-0.3, -0.25) is 0 Å². The number of benzene rings is 4. The molecular formula is C33H30N2. The zero-order valence-corrected chi connectivity index (χ0v) is 20.3. The third-order valence-corrected chi connectivity index (χ3v) is 7.39. The van der Waals surface area contributed by atoms with Crippen LogP contribution in [-0.4, -0.2) is 5.54 Å². The molecule has 4 aromatic carbocycles. The van der Waals surface area contributed by atoms with Crippen molar-refractivity contribution < 1.29 is 0 Å². The first-order valence-electron chi connectivity index (χ1n) is 12.5. The molecule has 0 bridgehead atoms. The van der Waals surface area contributed by atoms with Crippen LogP contribution in [0.3, 0.4) is 0 Å². The van der Waals surface area contributed by atoms with Gasteiger partial charge in [-0.05, 0) is 96.6 Å². The first-order chi connectivity index (χ1) is 17.2. The lowest BCUT2D eigenvalue weighted by atomic mass is 9.79. The molecule has 172 valence electrons. The van der Waals surface area contributed by atoms with Crippen LogP contribution in [0.25, 0.3) is 11.1 Å². The Morgan fingerprint density at radius 3 is 2.20 bits per heavy atom. The molecule has 0 aromatic heterocycles. The van der Waals surface area contributed by atoms with Crippen LogP contribution in [0.2, 0.25) is 0 Å². The summed E-state index contributed by atoms with van der Waals surface area (Å²) in [5, 5.41) is 3.49. The van der Waals surface area contributed by atoms with Gasteiger partial charge in [0, 0.05) is 28.3 Å². The van der Waals surface area contributed by atoms with Gasteiger partial charge in [0.25, 0.3) is 0 Å². The number of hydrogen-bond acceptors (Lipinski definition) is 2. The van der Waals surface area contributed by atoms with Crippen LogP contribution in [0.4, 0.5) is 22.7 Å². The van der Waals surface area contributed by atoms with E-state index in [1.54, 1.807) is 0 Å². The molecule has 0 amide bonds. The number of nitrogens with zero attached hydrogens (tertiary/aromatic N) is 1. The molecule has 1 unspecified atom stereocenters. The van der Waals surface area contributed by atoms with Gasteiger partial charge in [0.15, 0.2) is 0 Å². The quantitative estimate of drug-likeness (QED) is 0.324. The van der Waals surface area contributed by atoms with Gasteiger partial charge in [-0.25, -0.2) is 0 Å². The van der Waals surface area contributed by atoms with Gasteiger partial charge < -0.3 is 10.2 Å². The van der Waals surface area contributed by atoms with E-state index in [2.05, 4.69) is 133 Å². The summed E-state index contributed by atoms with van der Waals surface area (Å²) in [6.07, 6.45) is 6.83. The van der Waals surface area contributed by atoms with Crippen molar-refractivity contribution in [1.82, 2.24) is 0 Å². The van der Waals surface area contributed by atoms with Gasteiger partial charge in [0.05, 0.1) is 5.54 Å². The highest BCUT2D eigenvalue weighted by Crippen LogP contribution is 2.55. The van der Waals surface area contributed by atoms with Gasteiger partial charge in [-0.15, -0.1) is 0 Å². The number of allylic oxidation sites excluding steroid dienone is 2. The van der Waals surface area contributed by atoms with Gasteiger partial charge >= 0.3 is 0 Å². The lowest BCUT2D eigenvalue weighted by Gasteiger charge is -2.39. The van der Waals surface area contributed by atoms with Crippen molar-refractivity contribution in [2.45, 2.75) is 32.2 Å². The molecule has 1 heterocycles. The molecule has 0 radical (unpaired) electrons. The van der Waals surface area contributed by atoms with E-state index < -0.39 is 0 Å². The van der Waals surface area contributed by atoms with Crippen molar-refractivity contribution in [2.75, 3.05) is 10.2 Å². The summed E-state index contributed by atoms with van der Waals surface area (Å²) in [5.41, 5.74) is 11.4. The zero-order chi connectivity index (χ0) is 23.8. The van der Waals surface area contributed by atoms with Crippen LogP contribution < -0.4 is 10.2 Å². The molecule has 2 nitrogen and oxygen atoms in total. The third-order valence-electron chi connectivity index (χ3n) is 7.39. The molecule has 2 aliphatic rings. The largest absolute Gasteiger partial charge is 0.356 e. The standard InChI is InChI=1S/C33H30N2/c1-3-24-14-19-32-30(22-24)31-23-26(20-21-33(31,2)35(32)29-12-8-5-9-13-29)25-15-17-28(18-16-25)34-27-10-6-4-7-11-27/h4-20,22-23,34H,3,21H2,1-2H3. The number of para-hydroxylation sites is 2. The van der Waals surface area contributed by atoms with E-state index in [-0.39, 0.29) is 5.54 Å². The molecule has 0 spiro atoms. The predicted octanol–water partition coefficient (Wildman–Crippen LogP) is 8.77. The van der Waals surface area contributed by atoms with Crippen LogP contribution in [0.5, 0.6) is 0 Å². The molecule has 2 heteroatoms. The van der Waals surface area contributed by atoms with Crippen molar-refractivity contribution in [3.8, 4) is 0 Å². The second kappa shape index (κ2) is 8.63. The molecular weight excluding hydrogens is 424 g/mol. The maximum absolute atomic E-state index is 3.49. The van der Waals surface area contributed by atoms with Crippen molar-refractivity contribution in [3.63, 3.8) is 0 Å². The molecule has 0 fully saturated rings. The Morgan fingerprint density at radius 2 is 1.49 bits per heavy atom. The van der Waals surface area contributed by atoms with Gasteiger partial charge in [0.1, 0.15) is 0 Å². The fraction of sp³-hybridized carbons (Fsp3) is 0.152. The Kier molecular flexibility index (Phi) is 5.30. The molecule has 4 aromatic rings. The zero-order valence-electron chi connectivity index (χ0n) is 20.3. The number of rotatable bonds is 5. The monoisotopic (exact) mass is 454 g/mol. The SMILES string of the molecule is CCc1ccc2c(c1)C1=CC(c3ccc(Nc4ccccc4)cc3)=CCC1(C)N2c1ccccc1. The van der Waals surface area contributed by atoms with Gasteiger partial charge in [0.2, 0.25) is 0 Å². The van der Waals surface area contributed by atoms with Gasteiger partial charge in [-0.1, -0.05) is 67.6 Å². The topological polar surface area (TPSA) is 15.3 Å². The Bertz CT molecular complexity index is 1420. The van der Waals surface area contributed by atoms with E-state index in [0.29, 0.717) is 0 Å². The predicted molar refractivity (Wildman–Crippen MR) is 150 cm³/mol. The summed E-state index contributed by atoms with van der Waals surface area (Å²) < 4.78 is 0. The Hall–Kier alpha value is -4.04. The summed E-state index contributed by atoms with van der Waals surface area (Å²) in [7, 11) is 0. The Balaban J connectivity index is 1.37. The van der Waals surface area contributed by atoms with Crippen molar-refractivity contribution >= 4 is 33.9 Å². The van der Waals surface area contributed by atoms with E-state index in [1.807, 2.05) is 6.07 Å². The summed E-state index contributed by atoms with van der Waals surface area (Å²) in [4.78, 5) is 2.54. The normalized spacial score (nSPS) is 18.4. The van der Waals surface area contributed by atoms with E-state index in [0.717, 1.165) is 24.2 Å². The lowest BCUT2D eigenvalue weighted by molar-refractivity contribution is 0.608. The smallest absolute Gasteiger partial charge is 0.0716 e. The Labute approximate surface area is 208 Å². The number of hydrogen-bond donors (Lipinski definition) is 1. The minimum Gasteiger partial charge on any atom is -0.356 e. The molecule has 0 saturated carbocycles. The second-order valence-corrected chi connectivity index (χ2v) is 9.64. The van der Waals surface area contributed by atoms with E-state index in [1.165, 1.54) is 39.2 Å². The highest BCUT2D eigenvalue weighted by atomic mass is 15.2. The van der Waals surface area contributed by atoms with E-state index >= 15 is 0 Å². The van der Waals surface area contributed by atoms with Crippen LogP contribution in [0, 0.1) is 0 Å². The molecule has 1 atom stereocenters. The third kappa shape index (κ3) is 3.76. The molecule has 0 saturated heterocycles. The first kappa shape index (κ1) is 21.5. The molecule has 1 aliphatic carbocycles. The van der Waals surface area contributed by atoms with Crippen LogP contribution in [0.15, 0.2) is 115 Å². The molecule has 1 aliphatic heterocycles. The molecule has 35 heavy (non-hydrogen) atoms. The average Bonchev–Trinajstić information content (AvgIpc) is 3.17. The first-order valence-corrected chi connectivity index (χ1v) is 12.5. The minimum atomic E-state index is -0.103. The van der Waals surface area contributed by atoms with Crippen molar-refractivity contribution in [1.29, 1.82) is 0 Å². The number of nitrogens with one attached hydrogen (secondary N) is 1. The van der Waals surface area contributed by atoms with Crippen LogP contribution in [-0.2, 0) is 6.42 Å². The number of aryl methyl sites for hydroxylation is 1. The molecule has 1 N–H and O–H groups in total. The highest BCUT2D eigenvalue weighted by molar-refractivity contribution is 6.01. The molecule has 6 rings (SSSR count). The highest BCUT2D eigenvalue weighted by Gasteiger charge is 2.45. The van der Waals surface area contributed by atoms with Crippen molar-refractivity contribution in [3.05, 3.63) is 132 Å². The summed E-state index contributed by atoms with van der Waals surface area (Å²) in [5.74, 6) is 0. The van der Waals surface area contributed by atoms with Gasteiger partial charge in [-0.2, -0.15) is 0 Å². The van der Waals surface area contributed by atoms with Crippen LogP contribution >= 0.6 is 0 Å². The van der Waals surface area contributed by atoms with E-state index in [4.69, 9.17) is 0 Å². The van der Waals surface area contributed by atoms with Crippen LogP contribution in [0.1, 0.15) is 37.0 Å². The Morgan fingerprint density at radius 1 is 0.800 bits per heavy atom. The van der Waals surface area contributed by atoms with E-state index in [9.17, 15) is 0 Å². The minimum absolute atomic E-state index is 0.103.